The van der Waals surface area contributed by atoms with Crippen molar-refractivity contribution in [1.82, 2.24) is 4.90 Å². The smallest absolute Gasteiger partial charge is 0.373 e. The van der Waals surface area contributed by atoms with E-state index in [1.54, 1.807) is 21.9 Å². The van der Waals surface area contributed by atoms with Crippen molar-refractivity contribution in [3.05, 3.63) is 186 Å². The Kier molecular flexibility index (Phi) is 10.9. The van der Waals surface area contributed by atoms with Gasteiger partial charge in [-0.1, -0.05) is 157 Å². The predicted molar refractivity (Wildman–Crippen MR) is 200 cm³/mol. The third-order valence-corrected chi connectivity index (χ3v) is 9.15. The molecule has 7 rings (SSSR count). The van der Waals surface area contributed by atoms with Gasteiger partial charge in [0.1, 0.15) is 19.2 Å². The van der Waals surface area contributed by atoms with Gasteiger partial charge in [0.05, 0.1) is 25.6 Å². The minimum Gasteiger partial charge on any atom is -0.373 e. The summed E-state index contributed by atoms with van der Waals surface area (Å²) < 4.78 is 6.87. The summed E-state index contributed by atoms with van der Waals surface area (Å²) in [7, 11) is 0. The van der Waals surface area contributed by atoms with Gasteiger partial charge in [-0.05, 0) is 35.4 Å². The molecule has 0 aliphatic carbocycles. The number of morpholine rings is 1. The van der Waals surface area contributed by atoms with Crippen molar-refractivity contribution >= 4 is 57.8 Å². The first kappa shape index (κ1) is 32.7. The van der Waals surface area contributed by atoms with Crippen molar-refractivity contribution in [2.45, 2.75) is 0 Å². The highest BCUT2D eigenvalue weighted by atomic mass is 35.5. The Hall–Kier alpha value is -5.23. The van der Waals surface area contributed by atoms with Gasteiger partial charge in [-0.15, -0.1) is 0 Å². The molecule has 1 aliphatic rings. The van der Waals surface area contributed by atoms with Crippen molar-refractivity contribution < 1.29 is 14.1 Å². The van der Waals surface area contributed by atoms with Crippen LogP contribution in [0.5, 0.6) is 0 Å². The molecule has 1 amide bonds. The molecule has 2 heterocycles. The van der Waals surface area contributed by atoms with Crippen LogP contribution in [0.2, 0.25) is 5.02 Å². The topological polar surface area (TPSA) is 33.4 Å². The van der Waals surface area contributed by atoms with E-state index < -0.39 is 6.15 Å². The molecule has 1 aromatic heterocycles. The van der Waals surface area contributed by atoms with Gasteiger partial charge in [-0.2, -0.15) is 31.2 Å². The van der Waals surface area contributed by atoms with Crippen LogP contribution in [0.15, 0.2) is 170 Å². The van der Waals surface area contributed by atoms with Crippen LogP contribution in [-0.4, -0.2) is 43.4 Å². The molecular weight excluding hydrogens is 611 g/mol. The van der Waals surface area contributed by atoms with E-state index in [2.05, 4.69) is 121 Å². The highest BCUT2D eigenvalue weighted by Gasteiger charge is 2.31. The van der Waals surface area contributed by atoms with E-state index >= 15 is 0 Å². The first-order valence-electron chi connectivity index (χ1n) is 16.3. The van der Waals surface area contributed by atoms with Gasteiger partial charge < -0.3 is 4.74 Å². The van der Waals surface area contributed by atoms with Crippen LogP contribution in [-0.2, 0) is 4.74 Å². The maximum Gasteiger partial charge on any atom is 0.498 e. The lowest BCUT2D eigenvalue weighted by molar-refractivity contribution is -0.578. The van der Waals surface area contributed by atoms with E-state index in [9.17, 15) is 4.79 Å². The number of pyridine rings is 1. The molecule has 1 fully saturated rings. The van der Waals surface area contributed by atoms with Crippen LogP contribution in [0.1, 0.15) is 11.1 Å². The van der Waals surface area contributed by atoms with Gasteiger partial charge in [0.2, 0.25) is 0 Å². The molecule has 0 saturated carbocycles. The number of carbonyl (C=O) groups excluding carboxylic acids is 1. The number of ether oxygens (including phenoxy) is 1. The summed E-state index contributed by atoms with van der Waals surface area (Å²) in [5.41, 5.74) is 7.47. The average Bonchev–Trinajstić information content (AvgIpc) is 3.17. The molecule has 0 unspecified atom stereocenters. The van der Waals surface area contributed by atoms with Crippen LogP contribution >= 0.6 is 11.6 Å². The fourth-order valence-corrected chi connectivity index (χ4v) is 6.61. The third kappa shape index (κ3) is 7.66. The lowest BCUT2D eigenvalue weighted by Gasteiger charge is -2.44. The van der Waals surface area contributed by atoms with Crippen LogP contribution in [0, 0.1) is 0 Å². The first-order chi connectivity index (χ1) is 23.6. The van der Waals surface area contributed by atoms with Gasteiger partial charge >= 0.3 is 6.03 Å². The Balaban J connectivity index is 0.000000168. The number of halogens is 1. The van der Waals surface area contributed by atoms with Crippen molar-refractivity contribution in [2.24, 2.45) is 0 Å². The molecule has 5 aromatic carbocycles. The molecule has 0 radical (unpaired) electrons. The molecule has 0 atom stereocenters. The molecule has 6 aromatic rings. The number of hydrogen-bond acceptors (Lipinski definition) is 2. The summed E-state index contributed by atoms with van der Waals surface area (Å²) >= 11 is 5.87. The zero-order valence-electron chi connectivity index (χ0n) is 26.8. The lowest BCUT2D eigenvalue weighted by atomic mass is 9.13. The maximum atomic E-state index is 12.3. The highest BCUT2D eigenvalue weighted by molar-refractivity contribution is 7.19. The molecule has 1 aliphatic heterocycles. The van der Waals surface area contributed by atoms with Crippen LogP contribution in [0.3, 0.4) is 0 Å². The number of aromatic nitrogens is 1. The number of nitrogens with zero attached hydrogens (tertiary/aromatic N) is 2. The minimum absolute atomic E-state index is 0.0125. The predicted octanol–water partition coefficient (Wildman–Crippen LogP) is 6.16. The van der Waals surface area contributed by atoms with E-state index in [-0.39, 0.29) is 6.03 Å². The summed E-state index contributed by atoms with van der Waals surface area (Å²) in [6.45, 7) is 2.50. The number of rotatable bonds is 6. The van der Waals surface area contributed by atoms with Gasteiger partial charge in [-0.25, -0.2) is 4.90 Å². The number of amides is 1. The number of benzene rings is 5. The monoisotopic (exact) mass is 648 g/mol. The van der Waals surface area contributed by atoms with Gasteiger partial charge in [0.15, 0.2) is 0 Å². The molecule has 238 valence electrons. The quantitative estimate of drug-likeness (QED) is 0.160. The zero-order chi connectivity index (χ0) is 33.0. The largest absolute Gasteiger partial charge is 0.498 e. The van der Waals surface area contributed by atoms with Crippen molar-refractivity contribution in [3.8, 4) is 0 Å². The Morgan fingerprint density at radius 3 is 1.33 bits per heavy atom. The molecule has 0 spiro atoms. The summed E-state index contributed by atoms with van der Waals surface area (Å²) in [6, 6.07) is 55.0. The Morgan fingerprint density at radius 2 is 0.938 bits per heavy atom. The standard InChI is InChI=1S/C24H20B.C18H18ClN2O2/c1-5-13-21(14-6-1)25(22-15-7-2-8-16-22,23-17-9-3-10-18-23)24-19-11-4-12-20-24;19-17-5-3-15(4-6-17)1-2-16-7-9-20(10-8-16)18(22)21-11-13-23-14-12-21/h1-20H;1-10H,11-14H2/q-1;+1/b;2-1-. The van der Waals surface area contributed by atoms with Crippen LogP contribution in [0.4, 0.5) is 4.79 Å². The fourth-order valence-electron chi connectivity index (χ4n) is 6.48. The molecule has 6 heteroatoms. The highest BCUT2D eigenvalue weighted by Crippen LogP contribution is 2.13. The zero-order valence-corrected chi connectivity index (χ0v) is 27.6. The molecule has 48 heavy (non-hydrogen) atoms. The van der Waals surface area contributed by atoms with E-state index in [1.807, 2.05) is 48.6 Å². The van der Waals surface area contributed by atoms with E-state index in [0.29, 0.717) is 26.3 Å². The second kappa shape index (κ2) is 16.1. The molecule has 1 saturated heterocycles. The summed E-state index contributed by atoms with van der Waals surface area (Å²) in [5, 5.41) is 0.726. The van der Waals surface area contributed by atoms with Crippen molar-refractivity contribution in [3.63, 3.8) is 0 Å². The Bertz CT molecular complexity index is 1730. The number of carbonyl (C=O) groups is 1. The normalized spacial score (nSPS) is 13.1. The van der Waals surface area contributed by atoms with Crippen LogP contribution < -0.4 is 26.4 Å². The van der Waals surface area contributed by atoms with E-state index in [4.69, 9.17) is 16.3 Å². The lowest BCUT2D eigenvalue weighted by Crippen LogP contribution is -2.74. The van der Waals surface area contributed by atoms with Crippen LogP contribution in [0.25, 0.3) is 12.2 Å². The molecule has 0 N–H and O–H groups in total. The first-order valence-corrected chi connectivity index (χ1v) is 16.7. The fraction of sp³-hybridized carbons (Fsp3) is 0.0952. The molecule has 0 bridgehead atoms. The Labute approximate surface area is 288 Å². The van der Waals surface area contributed by atoms with E-state index in [0.717, 1.165) is 16.1 Å². The molecular formula is C42H38BClN2O2. The van der Waals surface area contributed by atoms with E-state index in [1.165, 1.54) is 21.9 Å². The third-order valence-electron chi connectivity index (χ3n) is 8.89. The summed E-state index contributed by atoms with van der Waals surface area (Å²) in [5.74, 6) is 0. The minimum atomic E-state index is -1.22. The summed E-state index contributed by atoms with van der Waals surface area (Å²) in [4.78, 5) is 14.1. The van der Waals surface area contributed by atoms with Gasteiger partial charge in [0, 0.05) is 5.02 Å². The van der Waals surface area contributed by atoms with Crippen molar-refractivity contribution in [2.75, 3.05) is 26.3 Å². The SMILES string of the molecule is O=C(N1CCOCC1)[n+]1ccc(/C=C\c2ccc(Cl)cc2)cc1.c1ccc([B-](c2ccccc2)(c2ccccc2)c2ccccc2)cc1. The Morgan fingerprint density at radius 1 is 0.562 bits per heavy atom. The number of hydrogen-bond donors (Lipinski definition) is 0. The second-order valence-electron chi connectivity index (χ2n) is 11.8. The van der Waals surface area contributed by atoms with Gasteiger partial charge in [-0.3, -0.25) is 0 Å². The molecule has 4 nitrogen and oxygen atoms in total. The maximum absolute atomic E-state index is 12.3. The van der Waals surface area contributed by atoms with Gasteiger partial charge in [0.25, 0.3) is 0 Å². The summed E-state index contributed by atoms with van der Waals surface area (Å²) in [6.07, 6.45) is 6.39. The second-order valence-corrected chi connectivity index (χ2v) is 12.3. The average molecular weight is 649 g/mol. The van der Waals surface area contributed by atoms with Crippen molar-refractivity contribution in [1.29, 1.82) is 0 Å².